The van der Waals surface area contributed by atoms with E-state index in [-0.39, 0.29) is 11.7 Å². The van der Waals surface area contributed by atoms with Gasteiger partial charge in [0, 0.05) is 31.6 Å². The predicted octanol–water partition coefficient (Wildman–Crippen LogP) is 2.16. The molecule has 2 atom stereocenters. The first-order chi connectivity index (χ1) is 14.2. The second kappa shape index (κ2) is 9.16. The predicted molar refractivity (Wildman–Crippen MR) is 117 cm³/mol. The van der Waals surface area contributed by atoms with Crippen LogP contribution in [0.5, 0.6) is 5.75 Å². The lowest BCUT2D eigenvalue weighted by Crippen LogP contribution is -2.34. The SMILES string of the molecule is COc1ccc2c(c1)CCC(CNCC(O)c1ccc(N(C)S(C)(=O)=O)cc1)C2=O. The van der Waals surface area contributed by atoms with Gasteiger partial charge in [-0.2, -0.15) is 0 Å². The van der Waals surface area contributed by atoms with Gasteiger partial charge in [-0.05, 0) is 54.3 Å². The van der Waals surface area contributed by atoms with Gasteiger partial charge < -0.3 is 15.2 Å². The van der Waals surface area contributed by atoms with Crippen LogP contribution in [0.2, 0.25) is 0 Å². The van der Waals surface area contributed by atoms with Crippen LogP contribution in [-0.2, 0) is 16.4 Å². The van der Waals surface area contributed by atoms with Gasteiger partial charge in [0.2, 0.25) is 10.0 Å². The number of hydrogen-bond donors (Lipinski definition) is 2. The summed E-state index contributed by atoms with van der Waals surface area (Å²) in [5.74, 6) is 0.757. The number of sulfonamides is 1. The van der Waals surface area contributed by atoms with Crippen molar-refractivity contribution in [3.05, 3.63) is 59.2 Å². The van der Waals surface area contributed by atoms with Gasteiger partial charge in [0.1, 0.15) is 5.75 Å². The molecule has 0 saturated carbocycles. The summed E-state index contributed by atoms with van der Waals surface area (Å²) < 4.78 is 29.6. The fraction of sp³-hybridized carbons (Fsp3) is 0.409. The molecule has 3 rings (SSSR count). The molecule has 1 aliphatic rings. The van der Waals surface area contributed by atoms with E-state index >= 15 is 0 Å². The average molecular weight is 433 g/mol. The first-order valence-corrected chi connectivity index (χ1v) is 11.7. The lowest BCUT2D eigenvalue weighted by molar-refractivity contribution is 0.0894. The number of nitrogens with one attached hydrogen (secondary N) is 1. The standard InChI is InChI=1S/C22H28N2O5S/c1-24(30(3,27)28)18-8-6-15(7-9-18)21(25)14-23-13-17-5-4-16-12-19(29-2)10-11-20(16)22(17)26/h6-12,17,21,23,25H,4-5,13-14H2,1-3H3. The Labute approximate surface area is 177 Å². The van der Waals surface area contributed by atoms with Crippen LogP contribution in [0, 0.1) is 5.92 Å². The van der Waals surface area contributed by atoms with E-state index in [2.05, 4.69) is 5.32 Å². The number of hydrogen-bond acceptors (Lipinski definition) is 6. The largest absolute Gasteiger partial charge is 0.497 e. The lowest BCUT2D eigenvalue weighted by atomic mass is 9.82. The zero-order valence-corrected chi connectivity index (χ0v) is 18.3. The minimum absolute atomic E-state index is 0.119. The number of ether oxygens (including phenoxy) is 1. The maximum absolute atomic E-state index is 12.7. The number of carbonyl (C=O) groups is 1. The first kappa shape index (κ1) is 22.3. The number of Topliss-reactive ketones (excluding diaryl/α,β-unsaturated/α-hetero) is 1. The molecule has 1 aliphatic carbocycles. The molecule has 30 heavy (non-hydrogen) atoms. The van der Waals surface area contributed by atoms with Crippen LogP contribution in [0.1, 0.15) is 34.0 Å². The van der Waals surface area contributed by atoms with Crippen molar-refractivity contribution < 1.29 is 23.1 Å². The van der Waals surface area contributed by atoms with Gasteiger partial charge in [-0.1, -0.05) is 12.1 Å². The molecule has 2 unspecified atom stereocenters. The van der Waals surface area contributed by atoms with Gasteiger partial charge in [-0.3, -0.25) is 9.10 Å². The highest BCUT2D eigenvalue weighted by Crippen LogP contribution is 2.28. The number of aliphatic hydroxyl groups is 1. The highest BCUT2D eigenvalue weighted by Gasteiger charge is 2.27. The molecule has 0 amide bonds. The van der Waals surface area contributed by atoms with Crippen molar-refractivity contribution in [1.82, 2.24) is 5.32 Å². The van der Waals surface area contributed by atoms with E-state index < -0.39 is 16.1 Å². The van der Waals surface area contributed by atoms with Gasteiger partial charge in [-0.25, -0.2) is 8.42 Å². The fourth-order valence-corrected chi connectivity index (χ4v) is 4.13. The summed E-state index contributed by atoms with van der Waals surface area (Å²) in [7, 11) is -0.230. The number of benzene rings is 2. The maximum Gasteiger partial charge on any atom is 0.231 e. The summed E-state index contributed by atoms with van der Waals surface area (Å²) in [4.78, 5) is 12.7. The van der Waals surface area contributed by atoms with Crippen molar-refractivity contribution in [2.75, 3.05) is 37.8 Å². The molecule has 0 bridgehead atoms. The van der Waals surface area contributed by atoms with Crippen molar-refractivity contribution in [2.24, 2.45) is 5.92 Å². The van der Waals surface area contributed by atoms with Crippen LogP contribution >= 0.6 is 0 Å². The summed E-state index contributed by atoms with van der Waals surface area (Å²) in [6, 6.07) is 12.3. The highest BCUT2D eigenvalue weighted by atomic mass is 32.2. The molecule has 8 heteroatoms. The van der Waals surface area contributed by atoms with E-state index in [1.165, 1.54) is 11.4 Å². The number of rotatable bonds is 8. The molecule has 0 aliphatic heterocycles. The highest BCUT2D eigenvalue weighted by molar-refractivity contribution is 7.92. The van der Waals surface area contributed by atoms with E-state index in [0.717, 1.165) is 36.0 Å². The molecular weight excluding hydrogens is 404 g/mol. The zero-order valence-electron chi connectivity index (χ0n) is 17.5. The normalized spacial score (nSPS) is 17.3. The lowest BCUT2D eigenvalue weighted by Gasteiger charge is -2.24. The number of carbonyl (C=O) groups excluding carboxylic acids is 1. The summed E-state index contributed by atoms with van der Waals surface area (Å²) in [6.07, 6.45) is 1.97. The minimum Gasteiger partial charge on any atom is -0.497 e. The third kappa shape index (κ3) is 5.00. The Morgan fingerprint density at radius 1 is 1.23 bits per heavy atom. The molecular formula is C22H28N2O5S. The quantitative estimate of drug-likeness (QED) is 0.664. The molecule has 7 nitrogen and oxygen atoms in total. The van der Waals surface area contributed by atoms with E-state index in [1.807, 2.05) is 12.1 Å². The maximum atomic E-state index is 12.7. The molecule has 162 valence electrons. The second-order valence-electron chi connectivity index (χ2n) is 7.62. The van der Waals surface area contributed by atoms with Crippen LogP contribution in [0.4, 0.5) is 5.69 Å². The van der Waals surface area contributed by atoms with Gasteiger partial charge in [0.15, 0.2) is 5.78 Å². The number of ketones is 1. The van der Waals surface area contributed by atoms with Crippen molar-refractivity contribution in [2.45, 2.75) is 18.9 Å². The summed E-state index contributed by atoms with van der Waals surface area (Å²) in [6.45, 7) is 0.802. The second-order valence-corrected chi connectivity index (χ2v) is 9.63. The first-order valence-electron chi connectivity index (χ1n) is 9.84. The van der Waals surface area contributed by atoms with Gasteiger partial charge in [-0.15, -0.1) is 0 Å². The van der Waals surface area contributed by atoms with Crippen LogP contribution in [-0.4, -0.2) is 52.8 Å². The van der Waals surface area contributed by atoms with Crippen molar-refractivity contribution >= 4 is 21.5 Å². The number of nitrogens with zero attached hydrogens (tertiary/aromatic N) is 1. The van der Waals surface area contributed by atoms with Crippen LogP contribution in [0.15, 0.2) is 42.5 Å². The Bertz CT molecular complexity index is 1000. The monoisotopic (exact) mass is 432 g/mol. The Morgan fingerprint density at radius 2 is 1.93 bits per heavy atom. The van der Waals surface area contributed by atoms with Crippen molar-refractivity contribution in [3.63, 3.8) is 0 Å². The third-order valence-corrected chi connectivity index (χ3v) is 6.78. The smallest absolute Gasteiger partial charge is 0.231 e. The van der Waals surface area contributed by atoms with Crippen molar-refractivity contribution in [1.29, 1.82) is 0 Å². The van der Waals surface area contributed by atoms with Crippen molar-refractivity contribution in [3.8, 4) is 5.75 Å². The minimum atomic E-state index is -3.33. The summed E-state index contributed by atoms with van der Waals surface area (Å²) in [5.41, 5.74) is 2.99. The molecule has 0 saturated heterocycles. The number of methoxy groups -OCH3 is 1. The Hall–Kier alpha value is -2.42. The molecule has 0 spiro atoms. The fourth-order valence-electron chi connectivity index (χ4n) is 3.63. The Morgan fingerprint density at radius 3 is 2.57 bits per heavy atom. The number of fused-ring (bicyclic) bond motifs is 1. The molecule has 0 radical (unpaired) electrons. The average Bonchev–Trinajstić information content (AvgIpc) is 2.73. The molecule has 0 fully saturated rings. The van der Waals surface area contributed by atoms with Gasteiger partial charge in [0.05, 0.1) is 25.2 Å². The number of anilines is 1. The molecule has 0 aromatic heterocycles. The zero-order chi connectivity index (χ0) is 21.9. The molecule has 0 heterocycles. The summed E-state index contributed by atoms with van der Waals surface area (Å²) in [5, 5.41) is 13.6. The Kier molecular flexibility index (Phi) is 6.80. The third-order valence-electron chi connectivity index (χ3n) is 5.58. The van der Waals surface area contributed by atoms with E-state index in [4.69, 9.17) is 4.74 Å². The van der Waals surface area contributed by atoms with Gasteiger partial charge >= 0.3 is 0 Å². The van der Waals surface area contributed by atoms with E-state index in [0.29, 0.717) is 24.3 Å². The topological polar surface area (TPSA) is 95.9 Å². The van der Waals surface area contributed by atoms with E-state index in [9.17, 15) is 18.3 Å². The molecule has 2 aromatic rings. The molecule has 2 aromatic carbocycles. The van der Waals surface area contributed by atoms with E-state index in [1.54, 1.807) is 37.4 Å². The number of aliphatic hydroxyl groups excluding tert-OH is 1. The van der Waals surface area contributed by atoms with Crippen LogP contribution < -0.4 is 14.4 Å². The Balaban J connectivity index is 1.54. The molecule has 2 N–H and O–H groups in total. The van der Waals surface area contributed by atoms with Gasteiger partial charge in [0.25, 0.3) is 0 Å². The van der Waals surface area contributed by atoms with Crippen LogP contribution in [0.25, 0.3) is 0 Å². The van der Waals surface area contributed by atoms with Crippen LogP contribution in [0.3, 0.4) is 0 Å². The summed E-state index contributed by atoms with van der Waals surface area (Å²) >= 11 is 0. The number of aryl methyl sites for hydroxylation is 1.